The number of carbonyl (C=O) groups is 1. The molecule has 0 amide bonds. The maximum absolute atomic E-state index is 12.1. The molecule has 8 nitrogen and oxygen atoms in total. The molecule has 0 aliphatic rings. The fourth-order valence-electron chi connectivity index (χ4n) is 3.21. The lowest BCUT2D eigenvalue weighted by Crippen LogP contribution is -2.13. The standard InChI is InChI=1S/C23H18N2O6S/c24-32(28,29)19-13-7-5-11-17(19)21-22(15-8-2-1-3-9-15)31-20(25-21)14-30-18-12-6-4-10-16(18)23(26)27/h1-13H,14H2,(H,26,27)(H2,24,28,29). The topological polar surface area (TPSA) is 133 Å². The lowest BCUT2D eigenvalue weighted by Gasteiger charge is -2.06. The van der Waals surface area contributed by atoms with Crippen LogP contribution in [0.5, 0.6) is 5.75 Å². The summed E-state index contributed by atoms with van der Waals surface area (Å²) < 4.78 is 35.8. The molecule has 0 fully saturated rings. The Morgan fingerprint density at radius 3 is 2.34 bits per heavy atom. The fourth-order valence-corrected chi connectivity index (χ4v) is 3.95. The Balaban J connectivity index is 1.78. The van der Waals surface area contributed by atoms with E-state index in [2.05, 4.69) is 4.98 Å². The monoisotopic (exact) mass is 450 g/mol. The van der Waals surface area contributed by atoms with E-state index in [1.165, 1.54) is 18.2 Å². The van der Waals surface area contributed by atoms with E-state index in [-0.39, 0.29) is 40.0 Å². The first-order valence-corrected chi connectivity index (χ1v) is 11.0. The first-order chi connectivity index (χ1) is 15.3. The number of nitrogens with zero attached hydrogens (tertiary/aromatic N) is 1. The molecule has 0 unspecified atom stereocenters. The molecule has 0 atom stereocenters. The predicted molar refractivity (Wildman–Crippen MR) is 116 cm³/mol. The summed E-state index contributed by atoms with van der Waals surface area (Å²) in [7, 11) is -4.02. The van der Waals surface area contributed by atoms with Crippen LogP contribution in [0.3, 0.4) is 0 Å². The zero-order valence-electron chi connectivity index (χ0n) is 16.6. The Bertz CT molecular complexity index is 1380. The van der Waals surface area contributed by atoms with Crippen LogP contribution in [0.15, 0.2) is 88.2 Å². The summed E-state index contributed by atoms with van der Waals surface area (Å²) in [6, 6.07) is 21.5. The molecule has 1 aromatic heterocycles. The van der Waals surface area contributed by atoms with Crippen molar-refractivity contribution in [3.05, 3.63) is 90.3 Å². The Labute approximate surface area is 184 Å². The summed E-state index contributed by atoms with van der Waals surface area (Å²) in [6.45, 7) is -0.165. The van der Waals surface area contributed by atoms with E-state index in [1.807, 2.05) is 18.2 Å². The van der Waals surface area contributed by atoms with E-state index in [0.717, 1.165) is 0 Å². The summed E-state index contributed by atoms with van der Waals surface area (Å²) in [6.07, 6.45) is 0. The summed E-state index contributed by atoms with van der Waals surface area (Å²) >= 11 is 0. The second-order valence-electron chi connectivity index (χ2n) is 6.78. The first kappa shape index (κ1) is 21.3. The number of hydrogen-bond acceptors (Lipinski definition) is 6. The van der Waals surface area contributed by atoms with Gasteiger partial charge in [-0.15, -0.1) is 0 Å². The second kappa shape index (κ2) is 8.66. The van der Waals surface area contributed by atoms with Gasteiger partial charge in [-0.2, -0.15) is 0 Å². The Morgan fingerprint density at radius 2 is 1.62 bits per heavy atom. The van der Waals surface area contributed by atoms with Gasteiger partial charge in [0.2, 0.25) is 15.9 Å². The molecule has 32 heavy (non-hydrogen) atoms. The van der Waals surface area contributed by atoms with Crippen LogP contribution in [-0.2, 0) is 16.6 Å². The molecule has 0 saturated heterocycles. The summed E-state index contributed by atoms with van der Waals surface area (Å²) in [5.74, 6) is -0.484. The molecule has 162 valence electrons. The molecule has 4 rings (SSSR count). The van der Waals surface area contributed by atoms with E-state index in [0.29, 0.717) is 11.3 Å². The van der Waals surface area contributed by atoms with Crippen LogP contribution in [0.2, 0.25) is 0 Å². The van der Waals surface area contributed by atoms with Crippen molar-refractivity contribution < 1.29 is 27.5 Å². The molecular formula is C23H18N2O6S. The molecule has 1 heterocycles. The number of carboxylic acid groups (broad SMARTS) is 1. The third-order valence-corrected chi connectivity index (χ3v) is 5.59. The Kier molecular flexibility index (Phi) is 5.76. The molecule has 4 aromatic rings. The number of ether oxygens (including phenoxy) is 1. The Morgan fingerprint density at radius 1 is 0.969 bits per heavy atom. The van der Waals surface area contributed by atoms with Crippen molar-refractivity contribution in [1.82, 2.24) is 4.98 Å². The van der Waals surface area contributed by atoms with E-state index in [4.69, 9.17) is 14.3 Å². The van der Waals surface area contributed by atoms with Crippen molar-refractivity contribution >= 4 is 16.0 Å². The minimum absolute atomic E-state index is 0.00198. The van der Waals surface area contributed by atoms with E-state index in [9.17, 15) is 18.3 Å². The molecular weight excluding hydrogens is 432 g/mol. The van der Waals surface area contributed by atoms with Crippen molar-refractivity contribution in [2.24, 2.45) is 5.14 Å². The normalized spacial score (nSPS) is 11.3. The lowest BCUT2D eigenvalue weighted by atomic mass is 10.1. The predicted octanol–water partition coefficient (Wildman–Crippen LogP) is 3.93. The van der Waals surface area contributed by atoms with Crippen molar-refractivity contribution in [2.45, 2.75) is 11.5 Å². The molecule has 0 aliphatic carbocycles. The third kappa shape index (κ3) is 4.39. The number of oxazole rings is 1. The quantitative estimate of drug-likeness (QED) is 0.436. The van der Waals surface area contributed by atoms with Gasteiger partial charge in [0.1, 0.15) is 17.0 Å². The van der Waals surface area contributed by atoms with Crippen LogP contribution in [-0.4, -0.2) is 24.5 Å². The number of aromatic nitrogens is 1. The molecule has 3 N–H and O–H groups in total. The number of nitrogens with two attached hydrogens (primary N) is 1. The SMILES string of the molecule is NS(=O)(=O)c1ccccc1-c1nc(COc2ccccc2C(=O)O)oc1-c1ccccc1. The zero-order chi connectivity index (χ0) is 22.7. The minimum atomic E-state index is -4.02. The van der Waals surface area contributed by atoms with Crippen LogP contribution in [0.4, 0.5) is 0 Å². The van der Waals surface area contributed by atoms with Gasteiger partial charge in [-0.25, -0.2) is 23.3 Å². The number of rotatable bonds is 7. The van der Waals surface area contributed by atoms with E-state index >= 15 is 0 Å². The second-order valence-corrected chi connectivity index (χ2v) is 8.31. The average Bonchev–Trinajstić information content (AvgIpc) is 3.22. The number of carboxylic acids is 1. The molecule has 0 bridgehead atoms. The zero-order valence-corrected chi connectivity index (χ0v) is 17.5. The van der Waals surface area contributed by atoms with E-state index < -0.39 is 16.0 Å². The van der Waals surface area contributed by atoms with Crippen LogP contribution >= 0.6 is 0 Å². The molecule has 9 heteroatoms. The van der Waals surface area contributed by atoms with Gasteiger partial charge in [-0.3, -0.25) is 0 Å². The molecule has 0 saturated carbocycles. The third-order valence-electron chi connectivity index (χ3n) is 4.62. The fraction of sp³-hybridized carbons (Fsp3) is 0.0435. The molecule has 0 spiro atoms. The van der Waals surface area contributed by atoms with Crippen molar-refractivity contribution in [2.75, 3.05) is 0 Å². The number of primary sulfonamides is 1. The van der Waals surface area contributed by atoms with Gasteiger partial charge in [0.05, 0.1) is 4.90 Å². The highest BCUT2D eigenvalue weighted by molar-refractivity contribution is 7.89. The highest BCUT2D eigenvalue weighted by atomic mass is 32.2. The van der Waals surface area contributed by atoms with Gasteiger partial charge in [0.25, 0.3) is 0 Å². The van der Waals surface area contributed by atoms with Crippen LogP contribution in [0, 0.1) is 0 Å². The number of para-hydroxylation sites is 1. The Hall–Kier alpha value is -3.95. The summed E-state index contributed by atoms with van der Waals surface area (Å²) in [4.78, 5) is 15.8. The van der Waals surface area contributed by atoms with Gasteiger partial charge in [-0.05, 0) is 18.2 Å². The number of aromatic carboxylic acids is 1. The smallest absolute Gasteiger partial charge is 0.339 e. The summed E-state index contributed by atoms with van der Waals surface area (Å²) in [5, 5.41) is 14.7. The van der Waals surface area contributed by atoms with Gasteiger partial charge < -0.3 is 14.3 Å². The average molecular weight is 450 g/mol. The van der Waals surface area contributed by atoms with Crippen molar-refractivity contribution in [3.63, 3.8) is 0 Å². The van der Waals surface area contributed by atoms with Crippen LogP contribution < -0.4 is 9.88 Å². The minimum Gasteiger partial charge on any atom is -0.483 e. The van der Waals surface area contributed by atoms with Crippen LogP contribution in [0.25, 0.3) is 22.6 Å². The van der Waals surface area contributed by atoms with Crippen LogP contribution in [0.1, 0.15) is 16.2 Å². The largest absolute Gasteiger partial charge is 0.483 e. The van der Waals surface area contributed by atoms with E-state index in [1.54, 1.807) is 42.5 Å². The number of benzene rings is 3. The van der Waals surface area contributed by atoms with Gasteiger partial charge in [0.15, 0.2) is 12.4 Å². The molecule has 3 aromatic carbocycles. The summed E-state index contributed by atoms with van der Waals surface area (Å²) in [5.41, 5.74) is 1.25. The number of hydrogen-bond donors (Lipinski definition) is 2. The number of sulfonamides is 1. The highest BCUT2D eigenvalue weighted by Gasteiger charge is 2.23. The molecule has 0 aliphatic heterocycles. The maximum atomic E-state index is 12.1. The van der Waals surface area contributed by atoms with Gasteiger partial charge in [-0.1, -0.05) is 60.7 Å². The maximum Gasteiger partial charge on any atom is 0.339 e. The first-order valence-electron chi connectivity index (χ1n) is 9.47. The van der Waals surface area contributed by atoms with Crippen molar-refractivity contribution in [3.8, 4) is 28.3 Å². The van der Waals surface area contributed by atoms with Crippen molar-refractivity contribution in [1.29, 1.82) is 0 Å². The van der Waals surface area contributed by atoms with Gasteiger partial charge >= 0.3 is 5.97 Å². The van der Waals surface area contributed by atoms with Gasteiger partial charge in [0, 0.05) is 11.1 Å². The highest BCUT2D eigenvalue weighted by Crippen LogP contribution is 2.36. The lowest BCUT2D eigenvalue weighted by molar-refractivity contribution is 0.0691. The molecule has 0 radical (unpaired) electrons.